The SMILES string of the molecule is O=C(NCC(c1cccs1)c1c[nH]c2ccccc12)C1(c2ccc(Cl)cc2)CCOCC1. The fourth-order valence-corrected chi connectivity index (χ4v) is 5.71. The lowest BCUT2D eigenvalue weighted by Gasteiger charge is -2.36. The number of ether oxygens (including phenoxy) is 1. The van der Waals surface area contributed by atoms with Gasteiger partial charge >= 0.3 is 0 Å². The van der Waals surface area contributed by atoms with E-state index in [2.05, 4.69) is 52.2 Å². The van der Waals surface area contributed by atoms with Crippen LogP contribution in [0.25, 0.3) is 10.9 Å². The summed E-state index contributed by atoms with van der Waals surface area (Å²) < 4.78 is 5.60. The van der Waals surface area contributed by atoms with Crippen LogP contribution in [0, 0.1) is 0 Å². The Kier molecular flexibility index (Phi) is 6.05. The molecule has 4 aromatic rings. The number of hydrogen-bond donors (Lipinski definition) is 2. The Bertz CT molecular complexity index is 1190. The van der Waals surface area contributed by atoms with Gasteiger partial charge in [0.05, 0.1) is 5.41 Å². The van der Waals surface area contributed by atoms with Crippen molar-refractivity contribution in [1.82, 2.24) is 10.3 Å². The zero-order valence-electron chi connectivity index (χ0n) is 17.6. The van der Waals surface area contributed by atoms with Crippen molar-refractivity contribution in [3.8, 4) is 0 Å². The topological polar surface area (TPSA) is 54.1 Å². The van der Waals surface area contributed by atoms with Crippen LogP contribution in [-0.2, 0) is 14.9 Å². The molecule has 1 fully saturated rings. The summed E-state index contributed by atoms with van der Waals surface area (Å²) in [6.45, 7) is 1.69. The van der Waals surface area contributed by atoms with Crippen molar-refractivity contribution in [3.05, 3.63) is 93.3 Å². The summed E-state index contributed by atoms with van der Waals surface area (Å²) in [7, 11) is 0. The Labute approximate surface area is 196 Å². The molecule has 0 bridgehead atoms. The number of thiophene rings is 1. The summed E-state index contributed by atoms with van der Waals surface area (Å²) in [6, 6.07) is 20.2. The van der Waals surface area contributed by atoms with Gasteiger partial charge in [-0.3, -0.25) is 4.79 Å². The molecule has 2 aromatic heterocycles. The number of H-pyrrole nitrogens is 1. The largest absolute Gasteiger partial charge is 0.381 e. The summed E-state index contributed by atoms with van der Waals surface area (Å²) in [5.74, 6) is 0.140. The quantitative estimate of drug-likeness (QED) is 0.374. The van der Waals surface area contributed by atoms with Crippen molar-refractivity contribution in [2.24, 2.45) is 0 Å². The Hall–Kier alpha value is -2.60. The standard InChI is InChI=1S/C26H25ClN2O2S/c27-19-9-7-18(8-10-19)26(11-13-31-14-12-26)25(30)29-17-22(24-6-3-15-32-24)21-16-28-23-5-2-1-4-20(21)23/h1-10,15-16,22,28H,11-14,17H2,(H,29,30). The third-order valence-corrected chi connectivity index (χ3v) is 7.77. The maximum atomic E-state index is 13.7. The fraction of sp³-hybridized carbons (Fsp3) is 0.269. The van der Waals surface area contributed by atoms with E-state index >= 15 is 0 Å². The summed E-state index contributed by atoms with van der Waals surface area (Å²) in [6.07, 6.45) is 3.40. The lowest BCUT2D eigenvalue weighted by molar-refractivity contribution is -0.130. The van der Waals surface area contributed by atoms with E-state index in [1.165, 1.54) is 15.8 Å². The number of benzene rings is 2. The number of halogens is 1. The Morgan fingerprint density at radius 2 is 1.88 bits per heavy atom. The third kappa shape index (κ3) is 3.96. The minimum atomic E-state index is -0.594. The number of carbonyl (C=O) groups is 1. The third-order valence-electron chi connectivity index (χ3n) is 6.53. The Morgan fingerprint density at radius 3 is 2.62 bits per heavy atom. The van der Waals surface area contributed by atoms with Gasteiger partial charge in [0.25, 0.3) is 0 Å². The zero-order valence-corrected chi connectivity index (χ0v) is 19.2. The van der Waals surface area contributed by atoms with Crippen LogP contribution >= 0.6 is 22.9 Å². The highest BCUT2D eigenvalue weighted by atomic mass is 35.5. The van der Waals surface area contributed by atoms with Crippen molar-refractivity contribution in [1.29, 1.82) is 0 Å². The molecule has 0 spiro atoms. The number of para-hydroxylation sites is 1. The molecule has 5 rings (SSSR count). The van der Waals surface area contributed by atoms with Gasteiger partial charge in [0, 0.05) is 52.7 Å². The van der Waals surface area contributed by atoms with Crippen LogP contribution in [0.5, 0.6) is 0 Å². The first-order valence-electron chi connectivity index (χ1n) is 10.9. The fourth-order valence-electron chi connectivity index (χ4n) is 4.74. The number of rotatable bonds is 6. The molecule has 0 aliphatic carbocycles. The van der Waals surface area contributed by atoms with Gasteiger partial charge in [0.1, 0.15) is 0 Å². The van der Waals surface area contributed by atoms with Gasteiger partial charge in [0.2, 0.25) is 5.91 Å². The first-order chi connectivity index (χ1) is 15.7. The average Bonchev–Trinajstić information content (AvgIpc) is 3.51. The first kappa shape index (κ1) is 21.3. The van der Waals surface area contributed by atoms with Crippen LogP contribution in [0.2, 0.25) is 5.02 Å². The highest BCUT2D eigenvalue weighted by molar-refractivity contribution is 7.10. The molecule has 6 heteroatoms. The molecular formula is C26H25ClN2O2S. The molecule has 4 nitrogen and oxygen atoms in total. The maximum Gasteiger partial charge on any atom is 0.230 e. The minimum Gasteiger partial charge on any atom is -0.381 e. The molecule has 1 unspecified atom stereocenters. The van der Waals surface area contributed by atoms with Gasteiger partial charge < -0.3 is 15.0 Å². The van der Waals surface area contributed by atoms with E-state index in [-0.39, 0.29) is 11.8 Å². The average molecular weight is 465 g/mol. The predicted octanol–water partition coefficient (Wildman–Crippen LogP) is 5.88. The molecule has 1 aliphatic heterocycles. The van der Waals surface area contributed by atoms with Gasteiger partial charge in [0.15, 0.2) is 0 Å². The van der Waals surface area contributed by atoms with E-state index in [9.17, 15) is 4.79 Å². The molecule has 1 amide bonds. The molecule has 2 aromatic carbocycles. The molecule has 1 saturated heterocycles. The number of hydrogen-bond acceptors (Lipinski definition) is 3. The van der Waals surface area contributed by atoms with Crippen LogP contribution in [0.1, 0.15) is 34.8 Å². The molecule has 2 N–H and O–H groups in total. The summed E-state index contributed by atoms with van der Waals surface area (Å²) >= 11 is 7.84. The van der Waals surface area contributed by atoms with E-state index < -0.39 is 5.41 Å². The molecule has 32 heavy (non-hydrogen) atoms. The second kappa shape index (κ2) is 9.10. The lowest BCUT2D eigenvalue weighted by atomic mass is 9.73. The van der Waals surface area contributed by atoms with E-state index in [1.54, 1.807) is 11.3 Å². The lowest BCUT2D eigenvalue weighted by Crippen LogP contribution is -2.48. The molecule has 0 saturated carbocycles. The monoisotopic (exact) mass is 464 g/mol. The summed E-state index contributed by atoms with van der Waals surface area (Å²) in [5, 5.41) is 7.27. The van der Waals surface area contributed by atoms with Crippen LogP contribution in [-0.4, -0.2) is 30.6 Å². The molecule has 1 aliphatic rings. The van der Waals surface area contributed by atoms with E-state index in [4.69, 9.17) is 16.3 Å². The number of aromatic amines is 1. The zero-order chi connectivity index (χ0) is 22.0. The van der Waals surface area contributed by atoms with Crippen molar-refractivity contribution < 1.29 is 9.53 Å². The predicted molar refractivity (Wildman–Crippen MR) is 131 cm³/mol. The van der Waals surface area contributed by atoms with Crippen molar-refractivity contribution in [3.63, 3.8) is 0 Å². The highest BCUT2D eigenvalue weighted by Crippen LogP contribution is 2.37. The minimum absolute atomic E-state index is 0.0597. The number of amides is 1. The molecular weight excluding hydrogens is 440 g/mol. The smallest absolute Gasteiger partial charge is 0.230 e. The Morgan fingerprint density at radius 1 is 1.09 bits per heavy atom. The highest BCUT2D eigenvalue weighted by Gasteiger charge is 2.41. The molecule has 164 valence electrons. The number of carbonyl (C=O) groups excluding carboxylic acids is 1. The second-order valence-electron chi connectivity index (χ2n) is 8.27. The van der Waals surface area contributed by atoms with Crippen LogP contribution in [0.3, 0.4) is 0 Å². The van der Waals surface area contributed by atoms with Gasteiger partial charge in [-0.25, -0.2) is 0 Å². The van der Waals surface area contributed by atoms with E-state index in [0.717, 1.165) is 11.1 Å². The van der Waals surface area contributed by atoms with Crippen molar-refractivity contribution in [2.75, 3.05) is 19.8 Å². The van der Waals surface area contributed by atoms with Crippen LogP contribution in [0.4, 0.5) is 0 Å². The molecule has 1 atom stereocenters. The van der Waals surface area contributed by atoms with Gasteiger partial charge in [-0.1, -0.05) is 48.0 Å². The van der Waals surface area contributed by atoms with Gasteiger partial charge in [-0.15, -0.1) is 11.3 Å². The summed E-state index contributed by atoms with van der Waals surface area (Å²) in [5.41, 5.74) is 2.72. The van der Waals surface area contributed by atoms with Gasteiger partial charge in [-0.05, 0) is 53.6 Å². The van der Waals surface area contributed by atoms with Crippen LogP contribution in [0.15, 0.2) is 72.2 Å². The molecule has 0 radical (unpaired) electrons. The number of fused-ring (bicyclic) bond motifs is 1. The summed E-state index contributed by atoms with van der Waals surface area (Å²) in [4.78, 5) is 18.3. The van der Waals surface area contributed by atoms with Crippen LogP contribution < -0.4 is 5.32 Å². The van der Waals surface area contributed by atoms with Crippen molar-refractivity contribution in [2.45, 2.75) is 24.2 Å². The van der Waals surface area contributed by atoms with E-state index in [0.29, 0.717) is 37.6 Å². The number of aromatic nitrogens is 1. The van der Waals surface area contributed by atoms with Crippen molar-refractivity contribution >= 4 is 39.7 Å². The first-order valence-corrected chi connectivity index (χ1v) is 12.1. The van der Waals surface area contributed by atoms with Gasteiger partial charge in [-0.2, -0.15) is 0 Å². The maximum absolute atomic E-state index is 13.7. The molecule has 3 heterocycles. The normalized spacial score (nSPS) is 16.7. The number of nitrogens with one attached hydrogen (secondary N) is 2. The van der Waals surface area contributed by atoms with E-state index in [1.807, 2.05) is 30.3 Å². The second-order valence-corrected chi connectivity index (χ2v) is 9.68. The Balaban J connectivity index is 1.44.